The van der Waals surface area contributed by atoms with Crippen LogP contribution in [0.1, 0.15) is 40.0 Å². The van der Waals surface area contributed by atoms with Crippen molar-refractivity contribution in [1.82, 2.24) is 15.5 Å². The first-order chi connectivity index (χ1) is 9.44. The summed E-state index contributed by atoms with van der Waals surface area (Å²) < 4.78 is 5.39. The molecular formula is C15H31Cl2N3O2. The Balaban J connectivity index is 0.00000220. The Labute approximate surface area is 146 Å². The summed E-state index contributed by atoms with van der Waals surface area (Å²) in [5.74, 6) is 0.138. The Bertz CT molecular complexity index is 342. The fraction of sp³-hybridized carbons (Fsp3) is 0.933. The Hall–Kier alpha value is -0.0700. The van der Waals surface area contributed by atoms with Gasteiger partial charge in [-0.2, -0.15) is 0 Å². The molecule has 2 aliphatic rings. The highest BCUT2D eigenvalue weighted by Gasteiger charge is 2.36. The lowest BCUT2D eigenvalue weighted by Gasteiger charge is -2.42. The van der Waals surface area contributed by atoms with E-state index in [9.17, 15) is 4.79 Å². The fourth-order valence-corrected chi connectivity index (χ4v) is 3.02. The average molecular weight is 356 g/mol. The van der Waals surface area contributed by atoms with Crippen LogP contribution in [0.5, 0.6) is 0 Å². The molecule has 0 aromatic rings. The monoisotopic (exact) mass is 355 g/mol. The maximum Gasteiger partial charge on any atom is 0.240 e. The number of hydrogen-bond donors (Lipinski definition) is 2. The SMILES string of the molecule is CC1(C(=O)NCC(C)(C)N2CCOCC2)CCCCN1.Cl.Cl. The first-order valence-corrected chi connectivity index (χ1v) is 7.80. The average Bonchev–Trinajstić information content (AvgIpc) is 2.46. The predicted octanol–water partition coefficient (Wildman–Crippen LogP) is 1.59. The zero-order valence-corrected chi connectivity index (χ0v) is 15.6. The topological polar surface area (TPSA) is 53.6 Å². The number of morpholine rings is 1. The van der Waals surface area contributed by atoms with Crippen LogP contribution >= 0.6 is 24.8 Å². The van der Waals surface area contributed by atoms with Crippen molar-refractivity contribution in [3.63, 3.8) is 0 Å². The Kier molecular flexibility index (Phi) is 9.25. The van der Waals surface area contributed by atoms with Gasteiger partial charge in [-0.15, -0.1) is 24.8 Å². The first kappa shape index (κ1) is 21.9. The molecule has 0 aromatic heterocycles. The van der Waals surface area contributed by atoms with Gasteiger partial charge in [0.1, 0.15) is 0 Å². The maximum atomic E-state index is 12.4. The number of carbonyl (C=O) groups is 1. The van der Waals surface area contributed by atoms with Gasteiger partial charge in [0.2, 0.25) is 5.91 Å². The van der Waals surface area contributed by atoms with E-state index in [1.54, 1.807) is 0 Å². The molecule has 2 heterocycles. The van der Waals surface area contributed by atoms with Gasteiger partial charge >= 0.3 is 0 Å². The van der Waals surface area contributed by atoms with E-state index < -0.39 is 0 Å². The molecule has 1 unspecified atom stereocenters. The molecule has 5 nitrogen and oxygen atoms in total. The third-order valence-corrected chi connectivity index (χ3v) is 4.67. The molecule has 7 heteroatoms. The summed E-state index contributed by atoms with van der Waals surface area (Å²) in [6.45, 7) is 11.5. The number of rotatable bonds is 4. The van der Waals surface area contributed by atoms with Crippen LogP contribution in [0.15, 0.2) is 0 Å². The third kappa shape index (κ3) is 5.53. The molecule has 0 bridgehead atoms. The molecule has 2 rings (SSSR count). The second-order valence-electron chi connectivity index (χ2n) is 6.81. The van der Waals surface area contributed by atoms with Crippen LogP contribution in [-0.2, 0) is 9.53 Å². The van der Waals surface area contributed by atoms with Gasteiger partial charge in [-0.05, 0) is 46.6 Å². The summed E-state index contributed by atoms with van der Waals surface area (Å²) in [6, 6.07) is 0. The van der Waals surface area contributed by atoms with Crippen molar-refractivity contribution < 1.29 is 9.53 Å². The minimum atomic E-state index is -0.390. The molecule has 0 aliphatic carbocycles. The molecule has 0 aromatic carbocycles. The highest BCUT2D eigenvalue weighted by Crippen LogP contribution is 2.20. The lowest BCUT2D eigenvalue weighted by Crippen LogP contribution is -2.61. The molecule has 2 aliphatic heterocycles. The number of nitrogens with zero attached hydrogens (tertiary/aromatic N) is 1. The van der Waals surface area contributed by atoms with E-state index in [1.807, 2.05) is 6.92 Å². The molecule has 0 spiro atoms. The summed E-state index contributed by atoms with van der Waals surface area (Å²) in [5, 5.41) is 6.51. The number of nitrogens with one attached hydrogen (secondary N) is 2. The zero-order chi connectivity index (χ0) is 14.6. The van der Waals surface area contributed by atoms with Crippen molar-refractivity contribution in [1.29, 1.82) is 0 Å². The van der Waals surface area contributed by atoms with Gasteiger partial charge in [0, 0.05) is 25.2 Å². The summed E-state index contributed by atoms with van der Waals surface area (Å²) in [7, 11) is 0. The van der Waals surface area contributed by atoms with E-state index in [2.05, 4.69) is 29.4 Å². The molecule has 0 radical (unpaired) electrons. The molecule has 22 heavy (non-hydrogen) atoms. The van der Waals surface area contributed by atoms with Gasteiger partial charge in [-0.25, -0.2) is 0 Å². The fourth-order valence-electron chi connectivity index (χ4n) is 3.02. The largest absolute Gasteiger partial charge is 0.379 e. The summed E-state index contributed by atoms with van der Waals surface area (Å²) in [6.07, 6.45) is 3.22. The van der Waals surface area contributed by atoms with Crippen LogP contribution < -0.4 is 10.6 Å². The normalized spacial score (nSPS) is 26.5. The Morgan fingerprint density at radius 3 is 2.45 bits per heavy atom. The van der Waals surface area contributed by atoms with Gasteiger partial charge < -0.3 is 15.4 Å². The van der Waals surface area contributed by atoms with Crippen molar-refractivity contribution in [3.8, 4) is 0 Å². The van der Waals surface area contributed by atoms with Gasteiger partial charge in [-0.1, -0.05) is 0 Å². The number of amides is 1. The highest BCUT2D eigenvalue weighted by atomic mass is 35.5. The van der Waals surface area contributed by atoms with Crippen LogP contribution in [0.4, 0.5) is 0 Å². The van der Waals surface area contributed by atoms with Crippen LogP contribution in [0.3, 0.4) is 0 Å². The predicted molar refractivity (Wildman–Crippen MR) is 94.2 cm³/mol. The summed E-state index contributed by atoms with van der Waals surface area (Å²) in [4.78, 5) is 14.8. The summed E-state index contributed by atoms with van der Waals surface area (Å²) >= 11 is 0. The number of piperidine rings is 1. The van der Waals surface area contributed by atoms with Crippen LogP contribution in [0.25, 0.3) is 0 Å². The molecule has 2 N–H and O–H groups in total. The second kappa shape index (κ2) is 9.28. The molecule has 2 fully saturated rings. The van der Waals surface area contributed by atoms with Gasteiger partial charge in [-0.3, -0.25) is 9.69 Å². The lowest BCUT2D eigenvalue weighted by atomic mass is 9.89. The van der Waals surface area contributed by atoms with Crippen molar-refractivity contribution >= 4 is 30.7 Å². The number of hydrogen-bond acceptors (Lipinski definition) is 4. The van der Waals surface area contributed by atoms with Gasteiger partial charge in [0.25, 0.3) is 0 Å². The van der Waals surface area contributed by atoms with Crippen LogP contribution in [-0.4, -0.2) is 61.3 Å². The minimum absolute atomic E-state index is 0. The summed E-state index contributed by atoms with van der Waals surface area (Å²) in [5.41, 5.74) is -0.413. The van der Waals surface area contributed by atoms with Gasteiger partial charge in [0.15, 0.2) is 0 Å². The molecular weight excluding hydrogens is 325 g/mol. The number of halogens is 2. The Morgan fingerprint density at radius 1 is 1.27 bits per heavy atom. The van der Waals surface area contributed by atoms with Gasteiger partial charge in [0.05, 0.1) is 18.8 Å². The van der Waals surface area contributed by atoms with Crippen molar-refractivity contribution in [2.45, 2.75) is 51.1 Å². The van der Waals surface area contributed by atoms with Crippen molar-refractivity contribution in [2.24, 2.45) is 0 Å². The molecule has 2 saturated heterocycles. The van der Waals surface area contributed by atoms with E-state index in [4.69, 9.17) is 4.74 Å². The maximum absolute atomic E-state index is 12.4. The highest BCUT2D eigenvalue weighted by molar-refractivity contribution is 5.86. The quantitative estimate of drug-likeness (QED) is 0.803. The smallest absolute Gasteiger partial charge is 0.240 e. The van der Waals surface area contributed by atoms with Crippen LogP contribution in [0.2, 0.25) is 0 Å². The molecule has 1 atom stereocenters. The standard InChI is InChI=1S/C15H29N3O2.2ClH/c1-14(2,18-8-10-20-11-9-18)12-16-13(19)15(3)6-4-5-7-17-15;;/h17H,4-12H2,1-3H3,(H,16,19);2*1H. The van der Waals surface area contributed by atoms with E-state index in [-0.39, 0.29) is 41.8 Å². The van der Waals surface area contributed by atoms with Crippen molar-refractivity contribution in [3.05, 3.63) is 0 Å². The zero-order valence-electron chi connectivity index (χ0n) is 13.9. The minimum Gasteiger partial charge on any atom is -0.379 e. The molecule has 132 valence electrons. The second-order valence-corrected chi connectivity index (χ2v) is 6.81. The lowest BCUT2D eigenvalue weighted by molar-refractivity contribution is -0.128. The first-order valence-electron chi connectivity index (χ1n) is 7.80. The van der Waals surface area contributed by atoms with E-state index in [1.165, 1.54) is 6.42 Å². The number of carbonyl (C=O) groups excluding carboxylic acids is 1. The van der Waals surface area contributed by atoms with E-state index in [0.717, 1.165) is 45.7 Å². The Morgan fingerprint density at radius 2 is 1.91 bits per heavy atom. The van der Waals surface area contributed by atoms with Crippen LogP contribution in [0, 0.1) is 0 Å². The number of ether oxygens (including phenoxy) is 1. The third-order valence-electron chi connectivity index (χ3n) is 4.67. The van der Waals surface area contributed by atoms with E-state index in [0.29, 0.717) is 6.54 Å². The molecule has 1 amide bonds. The molecule has 0 saturated carbocycles. The van der Waals surface area contributed by atoms with E-state index >= 15 is 0 Å². The van der Waals surface area contributed by atoms with Crippen molar-refractivity contribution in [2.75, 3.05) is 39.4 Å².